The van der Waals surface area contributed by atoms with Crippen LogP contribution in [0.2, 0.25) is 5.02 Å². The van der Waals surface area contributed by atoms with Crippen LogP contribution in [0.25, 0.3) is 11.1 Å². The number of ether oxygens (including phenoxy) is 3. The molecular formula is C40H44ClN3O4. The molecule has 0 saturated carbocycles. The Hall–Kier alpha value is -4.38. The normalized spacial score (nSPS) is 14.8. The van der Waals surface area contributed by atoms with E-state index >= 15 is 0 Å². The fourth-order valence-corrected chi connectivity index (χ4v) is 6.76. The highest BCUT2D eigenvalue weighted by atomic mass is 35.5. The van der Waals surface area contributed by atoms with Gasteiger partial charge in [0.1, 0.15) is 36.5 Å². The van der Waals surface area contributed by atoms with Crippen LogP contribution < -0.4 is 14.2 Å². The molecule has 0 aliphatic carbocycles. The molecule has 1 saturated heterocycles. The van der Waals surface area contributed by atoms with E-state index < -0.39 is 0 Å². The molecule has 250 valence electrons. The quantitative estimate of drug-likeness (QED) is 0.104. The minimum Gasteiger partial charge on any atom is -0.493 e. The summed E-state index contributed by atoms with van der Waals surface area (Å²) in [5.74, 6) is 1.65. The number of nitriles is 1. The van der Waals surface area contributed by atoms with Gasteiger partial charge in [0, 0.05) is 35.6 Å². The van der Waals surface area contributed by atoms with Crippen molar-refractivity contribution in [2.75, 3.05) is 13.2 Å². The Balaban J connectivity index is 1.25. The Bertz CT molecular complexity index is 1790. The first-order chi connectivity index (χ1) is 23.1. The number of nitrogens with zero attached hydrogens (tertiary/aromatic N) is 3. The van der Waals surface area contributed by atoms with Gasteiger partial charge < -0.3 is 14.2 Å². The number of carbonyl (C=O) groups excluding carboxylic acids is 1. The van der Waals surface area contributed by atoms with Gasteiger partial charge in [-0.1, -0.05) is 41.9 Å². The van der Waals surface area contributed by atoms with Crippen molar-refractivity contribution in [1.82, 2.24) is 9.88 Å². The first-order valence-corrected chi connectivity index (χ1v) is 16.9. The molecule has 8 heteroatoms. The Morgan fingerprint density at radius 2 is 1.71 bits per heavy atom. The zero-order valence-electron chi connectivity index (χ0n) is 28.5. The molecule has 0 spiro atoms. The van der Waals surface area contributed by atoms with E-state index in [0.717, 1.165) is 46.4 Å². The summed E-state index contributed by atoms with van der Waals surface area (Å²) in [4.78, 5) is 18.5. The molecule has 0 radical (unpaired) electrons. The van der Waals surface area contributed by atoms with Crippen LogP contribution in [0.3, 0.4) is 0 Å². The molecule has 1 unspecified atom stereocenters. The summed E-state index contributed by atoms with van der Waals surface area (Å²) in [6, 6.07) is 20.0. The van der Waals surface area contributed by atoms with Crippen molar-refractivity contribution in [2.45, 2.75) is 85.1 Å². The maximum atomic E-state index is 11.8. The second-order valence-corrected chi connectivity index (χ2v) is 13.8. The van der Waals surface area contributed by atoms with Crippen LogP contribution in [0.5, 0.6) is 17.2 Å². The van der Waals surface area contributed by atoms with Crippen LogP contribution >= 0.6 is 11.6 Å². The summed E-state index contributed by atoms with van der Waals surface area (Å²) in [5, 5.41) is 9.47. The maximum absolute atomic E-state index is 11.8. The predicted molar refractivity (Wildman–Crippen MR) is 190 cm³/mol. The van der Waals surface area contributed by atoms with E-state index in [1.807, 2.05) is 12.1 Å². The van der Waals surface area contributed by atoms with Gasteiger partial charge in [0.2, 0.25) is 0 Å². The lowest BCUT2D eigenvalue weighted by Gasteiger charge is -2.37. The molecule has 1 aliphatic heterocycles. The van der Waals surface area contributed by atoms with Crippen LogP contribution in [0.1, 0.15) is 84.6 Å². The van der Waals surface area contributed by atoms with Gasteiger partial charge in [-0.15, -0.1) is 0 Å². The summed E-state index contributed by atoms with van der Waals surface area (Å²) in [6.45, 7) is 13.4. The molecule has 0 bridgehead atoms. The third-order valence-electron chi connectivity index (χ3n) is 9.09. The van der Waals surface area contributed by atoms with Crippen molar-refractivity contribution in [3.05, 3.63) is 105 Å². The summed E-state index contributed by atoms with van der Waals surface area (Å²) in [6.07, 6.45) is 8.52. The maximum Gasteiger partial charge on any atom is 0.153 e. The van der Waals surface area contributed by atoms with Crippen LogP contribution in [-0.2, 0) is 13.2 Å². The van der Waals surface area contributed by atoms with Crippen LogP contribution in [0.15, 0.2) is 67.0 Å². The molecule has 4 aromatic rings. The molecule has 5 rings (SSSR count). The van der Waals surface area contributed by atoms with Crippen LogP contribution in [0.4, 0.5) is 0 Å². The number of likely N-dealkylation sites (tertiary alicyclic amines) is 1. The van der Waals surface area contributed by atoms with Gasteiger partial charge in [-0.25, -0.2) is 0 Å². The summed E-state index contributed by atoms with van der Waals surface area (Å²) < 4.78 is 18.5. The minimum atomic E-state index is 0.129. The van der Waals surface area contributed by atoms with Gasteiger partial charge in [0.25, 0.3) is 0 Å². The van der Waals surface area contributed by atoms with E-state index in [2.05, 4.69) is 74.8 Å². The van der Waals surface area contributed by atoms with E-state index in [-0.39, 0.29) is 18.8 Å². The number of aldehydes is 1. The topological polar surface area (TPSA) is 84.7 Å². The lowest BCUT2D eigenvalue weighted by atomic mass is 9.93. The second-order valence-electron chi connectivity index (χ2n) is 13.4. The van der Waals surface area contributed by atoms with Gasteiger partial charge >= 0.3 is 0 Å². The number of hydrogen-bond acceptors (Lipinski definition) is 7. The minimum absolute atomic E-state index is 0.129. The molecule has 1 aliphatic rings. The molecule has 0 amide bonds. The number of pyridine rings is 1. The molecule has 1 fully saturated rings. The number of halogens is 1. The van der Waals surface area contributed by atoms with Gasteiger partial charge in [-0.05, 0) is 113 Å². The predicted octanol–water partition coefficient (Wildman–Crippen LogP) is 9.28. The largest absolute Gasteiger partial charge is 0.493 e. The van der Waals surface area contributed by atoms with E-state index in [0.29, 0.717) is 52.1 Å². The van der Waals surface area contributed by atoms with Crippen molar-refractivity contribution < 1.29 is 19.0 Å². The average molecular weight is 666 g/mol. The van der Waals surface area contributed by atoms with E-state index in [1.54, 1.807) is 18.3 Å². The van der Waals surface area contributed by atoms with Crippen LogP contribution in [0, 0.1) is 25.2 Å². The zero-order valence-corrected chi connectivity index (χ0v) is 29.3. The highest BCUT2D eigenvalue weighted by molar-refractivity contribution is 6.32. The molecule has 48 heavy (non-hydrogen) atoms. The van der Waals surface area contributed by atoms with Crippen molar-refractivity contribution in [3.63, 3.8) is 0 Å². The molecular weight excluding hydrogens is 622 g/mol. The fraction of sp³-hybridized carbons (Fsp3) is 0.375. The van der Waals surface area contributed by atoms with E-state index in [4.69, 9.17) is 31.1 Å². The number of aromatic nitrogens is 1. The van der Waals surface area contributed by atoms with Crippen molar-refractivity contribution in [1.29, 1.82) is 5.26 Å². The molecule has 1 aromatic heterocycles. The molecule has 7 nitrogen and oxygen atoms in total. The van der Waals surface area contributed by atoms with Gasteiger partial charge in [-0.2, -0.15) is 5.26 Å². The van der Waals surface area contributed by atoms with Crippen LogP contribution in [-0.4, -0.2) is 40.9 Å². The van der Waals surface area contributed by atoms with E-state index in [1.165, 1.54) is 31.6 Å². The zero-order chi connectivity index (χ0) is 34.3. The third kappa shape index (κ3) is 8.36. The van der Waals surface area contributed by atoms with Crippen molar-refractivity contribution in [2.24, 2.45) is 0 Å². The molecule has 0 N–H and O–H groups in total. The molecule has 1 atom stereocenters. The summed E-state index contributed by atoms with van der Waals surface area (Å²) in [5.41, 5.74) is 7.11. The summed E-state index contributed by atoms with van der Waals surface area (Å²) >= 11 is 6.52. The molecule has 2 heterocycles. The number of hydrogen-bond donors (Lipinski definition) is 0. The Morgan fingerprint density at radius 1 is 0.958 bits per heavy atom. The highest BCUT2D eigenvalue weighted by Crippen LogP contribution is 2.36. The second kappa shape index (κ2) is 15.7. The third-order valence-corrected chi connectivity index (χ3v) is 9.39. The van der Waals surface area contributed by atoms with Gasteiger partial charge in [-0.3, -0.25) is 14.7 Å². The lowest BCUT2D eigenvalue weighted by molar-refractivity contribution is 0.111. The average Bonchev–Trinajstić information content (AvgIpc) is 3.56. The number of rotatable bonds is 13. The smallest absolute Gasteiger partial charge is 0.153 e. The molecule has 3 aromatic carbocycles. The number of benzene rings is 3. The monoisotopic (exact) mass is 665 g/mol. The fourth-order valence-electron chi connectivity index (χ4n) is 6.54. The Morgan fingerprint density at radius 3 is 2.46 bits per heavy atom. The van der Waals surface area contributed by atoms with Gasteiger partial charge in [0.15, 0.2) is 6.29 Å². The van der Waals surface area contributed by atoms with Crippen molar-refractivity contribution in [3.8, 4) is 34.4 Å². The highest BCUT2D eigenvalue weighted by Gasteiger charge is 2.32. The number of carbonyl (C=O) groups is 1. The Kier molecular flexibility index (Phi) is 11.4. The lowest BCUT2D eigenvalue weighted by Crippen LogP contribution is -2.44. The summed E-state index contributed by atoms with van der Waals surface area (Å²) in [7, 11) is 0. The van der Waals surface area contributed by atoms with E-state index in [9.17, 15) is 4.79 Å². The van der Waals surface area contributed by atoms with Gasteiger partial charge in [0.05, 0.1) is 22.8 Å². The standard InChI is InChI=1S/C40H44ClN3O4/c1-27-31(26-48-39-20-38(32(24-45)19-36(39)41)47-25-30-18-29(21-42)22-43-23-30)10-6-13-34(27)35-14-7-15-37(28(35)2)46-17-9-12-33-11-8-16-44(33)40(3,4)5/h6-7,10,13-15,18-20,22-24,33H,8-9,11-12,16-17,25-26H2,1-5H3. The van der Waals surface area contributed by atoms with Crippen molar-refractivity contribution >= 4 is 17.9 Å². The SMILES string of the molecule is Cc1c(COc2cc(OCc3cncc(C#N)c3)c(C=O)cc2Cl)cccc1-c1cccc(OCCCC2CCCN2C(C)(C)C)c1C. The first-order valence-electron chi connectivity index (χ1n) is 16.6. The Labute approximate surface area is 289 Å². The first kappa shape index (κ1) is 34.9.